The summed E-state index contributed by atoms with van der Waals surface area (Å²) in [7, 11) is 0. The zero-order valence-electron chi connectivity index (χ0n) is 16.9. The zero-order valence-corrected chi connectivity index (χ0v) is 19.3. The van der Waals surface area contributed by atoms with E-state index in [-0.39, 0.29) is 24.0 Å². The van der Waals surface area contributed by atoms with Crippen LogP contribution in [0.4, 0.5) is 0 Å². The summed E-state index contributed by atoms with van der Waals surface area (Å²) >= 11 is 0. The molecule has 3 heterocycles. The van der Waals surface area contributed by atoms with Crippen LogP contribution in [0.5, 0.6) is 0 Å². The van der Waals surface area contributed by atoms with Gasteiger partial charge in [0.25, 0.3) is 0 Å². The van der Waals surface area contributed by atoms with E-state index < -0.39 is 0 Å². The number of aromatic nitrogens is 3. The second-order valence-corrected chi connectivity index (χ2v) is 7.37. The predicted octanol–water partition coefficient (Wildman–Crippen LogP) is 1.18. The molecule has 27 heavy (non-hydrogen) atoms. The number of nitrogens with zero attached hydrogens (tertiary/aromatic N) is 5. The fourth-order valence-corrected chi connectivity index (χ4v) is 3.79. The Morgan fingerprint density at radius 1 is 1.44 bits per heavy atom. The molecule has 1 aromatic heterocycles. The largest absolute Gasteiger partial charge is 0.379 e. The fourth-order valence-electron chi connectivity index (χ4n) is 3.79. The molecule has 1 saturated heterocycles. The molecule has 3 unspecified atom stereocenters. The van der Waals surface area contributed by atoms with Crippen molar-refractivity contribution in [3.63, 3.8) is 0 Å². The number of hydrogen-bond donors (Lipinski definition) is 2. The van der Waals surface area contributed by atoms with Gasteiger partial charge in [0.1, 0.15) is 11.6 Å². The average Bonchev–Trinajstić information content (AvgIpc) is 2.99. The normalized spacial score (nSPS) is 24.7. The van der Waals surface area contributed by atoms with Gasteiger partial charge < -0.3 is 15.4 Å². The van der Waals surface area contributed by atoms with Crippen molar-refractivity contribution in [2.75, 3.05) is 32.8 Å². The van der Waals surface area contributed by atoms with Crippen molar-refractivity contribution in [1.29, 1.82) is 0 Å². The molecule has 0 saturated carbocycles. The van der Waals surface area contributed by atoms with Gasteiger partial charge in [-0.05, 0) is 34.1 Å². The van der Waals surface area contributed by atoms with E-state index in [1.54, 1.807) is 0 Å². The third-order valence-electron chi connectivity index (χ3n) is 5.15. The predicted molar refractivity (Wildman–Crippen MR) is 118 cm³/mol. The van der Waals surface area contributed by atoms with E-state index in [9.17, 15) is 0 Å². The third kappa shape index (κ3) is 6.02. The number of aryl methyl sites for hydroxylation is 2. The average molecular weight is 491 g/mol. The van der Waals surface area contributed by atoms with Crippen LogP contribution in [0.3, 0.4) is 0 Å². The van der Waals surface area contributed by atoms with E-state index >= 15 is 0 Å². The van der Waals surface area contributed by atoms with Gasteiger partial charge in [0, 0.05) is 37.6 Å². The first kappa shape index (κ1) is 22.4. The molecule has 3 atom stereocenters. The van der Waals surface area contributed by atoms with Gasteiger partial charge in [-0.1, -0.05) is 0 Å². The second kappa shape index (κ2) is 10.6. The van der Waals surface area contributed by atoms with Crippen molar-refractivity contribution in [3.05, 3.63) is 11.6 Å². The Kier molecular flexibility index (Phi) is 8.74. The topological polar surface area (TPSA) is 79.6 Å². The number of hydrogen-bond acceptors (Lipinski definition) is 5. The standard InChI is InChI=1S/C18H33N7O.HI/c1-5-19-18(20-10-13(2)24-8-9-26-12-14(24)3)22-16-6-7-17-21-15(4)23-25(17)11-16;/h13-14,16H,5-12H2,1-4H3,(H2,19,20,22);1H. The number of aliphatic imine (C=N–C) groups is 1. The van der Waals surface area contributed by atoms with Crippen LogP contribution in [0.1, 0.15) is 38.8 Å². The van der Waals surface area contributed by atoms with Crippen molar-refractivity contribution in [2.45, 2.75) is 65.2 Å². The molecule has 2 aliphatic heterocycles. The van der Waals surface area contributed by atoms with Crippen LogP contribution in [-0.2, 0) is 17.7 Å². The van der Waals surface area contributed by atoms with Crippen molar-refractivity contribution in [3.8, 4) is 0 Å². The van der Waals surface area contributed by atoms with Crippen LogP contribution in [0.25, 0.3) is 0 Å². The van der Waals surface area contributed by atoms with Crippen LogP contribution < -0.4 is 10.6 Å². The maximum atomic E-state index is 5.54. The van der Waals surface area contributed by atoms with Gasteiger partial charge in [-0.25, -0.2) is 9.67 Å². The van der Waals surface area contributed by atoms with E-state index in [4.69, 9.17) is 9.73 Å². The van der Waals surface area contributed by atoms with Crippen LogP contribution in [-0.4, -0.2) is 76.6 Å². The summed E-state index contributed by atoms with van der Waals surface area (Å²) in [5.41, 5.74) is 0. The van der Waals surface area contributed by atoms with E-state index in [0.717, 1.165) is 69.8 Å². The lowest BCUT2D eigenvalue weighted by atomic mass is 10.1. The first-order chi connectivity index (χ1) is 12.6. The minimum Gasteiger partial charge on any atom is -0.379 e. The lowest BCUT2D eigenvalue weighted by Gasteiger charge is -2.37. The molecule has 0 spiro atoms. The summed E-state index contributed by atoms with van der Waals surface area (Å²) in [6.45, 7) is 13.6. The summed E-state index contributed by atoms with van der Waals surface area (Å²) in [5.74, 6) is 2.85. The Labute approximate surface area is 179 Å². The summed E-state index contributed by atoms with van der Waals surface area (Å²) in [6.07, 6.45) is 2.01. The van der Waals surface area contributed by atoms with E-state index in [0.29, 0.717) is 18.1 Å². The maximum Gasteiger partial charge on any atom is 0.191 e. The molecule has 1 fully saturated rings. The SMILES string of the molecule is CCNC(=NCC(C)N1CCOCC1C)NC1CCc2nc(C)nn2C1.I. The number of nitrogens with one attached hydrogen (secondary N) is 2. The van der Waals surface area contributed by atoms with Gasteiger partial charge in [0.2, 0.25) is 0 Å². The van der Waals surface area contributed by atoms with Crippen molar-refractivity contribution in [1.82, 2.24) is 30.3 Å². The lowest BCUT2D eigenvalue weighted by molar-refractivity contribution is -0.0165. The van der Waals surface area contributed by atoms with Crippen LogP contribution in [0, 0.1) is 6.92 Å². The molecule has 9 heteroatoms. The van der Waals surface area contributed by atoms with Gasteiger partial charge in [-0.2, -0.15) is 5.10 Å². The number of fused-ring (bicyclic) bond motifs is 1. The van der Waals surface area contributed by atoms with Gasteiger partial charge >= 0.3 is 0 Å². The number of ether oxygens (including phenoxy) is 1. The number of morpholine rings is 1. The minimum atomic E-state index is 0. The molecule has 0 bridgehead atoms. The molecular formula is C18H34IN7O. The summed E-state index contributed by atoms with van der Waals surface area (Å²) < 4.78 is 7.57. The van der Waals surface area contributed by atoms with Gasteiger partial charge in [0.15, 0.2) is 5.96 Å². The van der Waals surface area contributed by atoms with Gasteiger partial charge in [0.05, 0.1) is 26.3 Å². The molecule has 8 nitrogen and oxygen atoms in total. The quantitative estimate of drug-likeness (QED) is 0.366. The van der Waals surface area contributed by atoms with E-state index in [1.165, 1.54) is 0 Å². The first-order valence-corrected chi connectivity index (χ1v) is 9.85. The Hall–Kier alpha value is -0.940. The highest BCUT2D eigenvalue weighted by Crippen LogP contribution is 2.13. The smallest absolute Gasteiger partial charge is 0.191 e. The number of rotatable bonds is 5. The molecule has 154 valence electrons. The van der Waals surface area contributed by atoms with E-state index in [2.05, 4.69) is 46.4 Å². The Balaban J connectivity index is 0.00000261. The van der Waals surface area contributed by atoms with Crippen molar-refractivity contribution in [2.24, 2.45) is 4.99 Å². The first-order valence-electron chi connectivity index (χ1n) is 9.85. The van der Waals surface area contributed by atoms with Crippen LogP contribution in [0.2, 0.25) is 0 Å². The molecule has 0 aliphatic carbocycles. The van der Waals surface area contributed by atoms with Gasteiger partial charge in [-0.3, -0.25) is 9.89 Å². The number of halogens is 1. The fraction of sp³-hybridized carbons (Fsp3) is 0.833. The Bertz CT molecular complexity index is 621. The third-order valence-corrected chi connectivity index (χ3v) is 5.15. The molecule has 0 amide bonds. The van der Waals surface area contributed by atoms with Crippen LogP contribution >= 0.6 is 24.0 Å². The number of guanidine groups is 1. The van der Waals surface area contributed by atoms with Crippen LogP contribution in [0.15, 0.2) is 4.99 Å². The highest BCUT2D eigenvalue weighted by atomic mass is 127. The molecular weight excluding hydrogens is 457 g/mol. The second-order valence-electron chi connectivity index (χ2n) is 7.37. The Morgan fingerprint density at radius 3 is 3.00 bits per heavy atom. The lowest BCUT2D eigenvalue weighted by Crippen LogP contribution is -2.50. The molecule has 0 radical (unpaired) electrons. The molecule has 1 aromatic rings. The Morgan fingerprint density at radius 2 is 2.26 bits per heavy atom. The highest BCUT2D eigenvalue weighted by Gasteiger charge is 2.24. The van der Waals surface area contributed by atoms with Crippen molar-refractivity contribution < 1.29 is 4.74 Å². The maximum absolute atomic E-state index is 5.54. The van der Waals surface area contributed by atoms with E-state index in [1.807, 2.05) is 11.6 Å². The van der Waals surface area contributed by atoms with Gasteiger partial charge in [-0.15, -0.1) is 24.0 Å². The summed E-state index contributed by atoms with van der Waals surface area (Å²) in [4.78, 5) is 11.8. The molecule has 3 rings (SSSR count). The van der Waals surface area contributed by atoms with Crippen molar-refractivity contribution >= 4 is 29.9 Å². The summed E-state index contributed by atoms with van der Waals surface area (Å²) in [5, 5.41) is 11.4. The molecule has 2 aliphatic rings. The highest BCUT2D eigenvalue weighted by molar-refractivity contribution is 14.0. The minimum absolute atomic E-state index is 0. The molecule has 0 aromatic carbocycles. The zero-order chi connectivity index (χ0) is 18.5. The molecule has 2 N–H and O–H groups in total. The monoisotopic (exact) mass is 491 g/mol. The summed E-state index contributed by atoms with van der Waals surface area (Å²) in [6, 6.07) is 1.19.